The molecule has 0 atom stereocenters. The van der Waals surface area contributed by atoms with E-state index in [1.54, 1.807) is 6.07 Å². The molecule has 3 rings (SSSR count). The van der Waals surface area contributed by atoms with Gasteiger partial charge in [-0.05, 0) is 6.07 Å². The van der Waals surface area contributed by atoms with Gasteiger partial charge < -0.3 is 0 Å². The van der Waals surface area contributed by atoms with Crippen LogP contribution < -0.4 is 5.14 Å². The number of nitrogens with zero attached hydrogens (tertiary/aromatic N) is 4. The monoisotopic (exact) mass is 331 g/mol. The Labute approximate surface area is 119 Å². The summed E-state index contributed by atoms with van der Waals surface area (Å²) in [5, 5.41) is 19.4. The Balaban J connectivity index is 2.05. The fourth-order valence-corrected chi connectivity index (χ4v) is 3.76. The van der Waals surface area contributed by atoms with Crippen molar-refractivity contribution in [3.63, 3.8) is 0 Å². The minimum Gasteiger partial charge on any atom is -0.258 e. The molecule has 0 aromatic carbocycles. The lowest BCUT2D eigenvalue weighted by atomic mass is 10.4. The van der Waals surface area contributed by atoms with E-state index < -0.39 is 14.9 Å². The van der Waals surface area contributed by atoms with Gasteiger partial charge >= 0.3 is 5.00 Å². The zero-order chi connectivity index (χ0) is 14.5. The average Bonchev–Trinajstić information content (AvgIpc) is 3.00. The topological polar surface area (TPSA) is 133 Å². The molecule has 3 heterocycles. The number of nitro groups is 1. The maximum absolute atomic E-state index is 11.1. The molecule has 20 heavy (non-hydrogen) atoms. The highest BCUT2D eigenvalue weighted by Crippen LogP contribution is 2.32. The molecule has 3 aromatic rings. The van der Waals surface area contributed by atoms with Crippen LogP contribution in [0.3, 0.4) is 0 Å². The van der Waals surface area contributed by atoms with E-state index in [-0.39, 0.29) is 9.34 Å². The van der Waals surface area contributed by atoms with Gasteiger partial charge in [0.1, 0.15) is 5.69 Å². The Hall–Kier alpha value is -1.89. The summed E-state index contributed by atoms with van der Waals surface area (Å²) >= 11 is 1.81. The summed E-state index contributed by atoms with van der Waals surface area (Å²) in [6.07, 6.45) is 1.50. The van der Waals surface area contributed by atoms with Crippen molar-refractivity contribution in [1.29, 1.82) is 0 Å². The first-order valence-electron chi connectivity index (χ1n) is 4.98. The van der Waals surface area contributed by atoms with Gasteiger partial charge in [0, 0.05) is 6.07 Å². The van der Waals surface area contributed by atoms with E-state index >= 15 is 0 Å². The van der Waals surface area contributed by atoms with Crippen LogP contribution in [-0.2, 0) is 10.0 Å². The molecule has 9 nitrogen and oxygen atoms in total. The fraction of sp³-hybridized carbons (Fsp3) is 0. The summed E-state index contributed by atoms with van der Waals surface area (Å²) in [4.78, 5) is 15.3. The van der Waals surface area contributed by atoms with Gasteiger partial charge in [0.25, 0.3) is 10.0 Å². The van der Waals surface area contributed by atoms with E-state index in [1.165, 1.54) is 16.8 Å². The molecular formula is C8H5N5O4S3. The lowest BCUT2D eigenvalue weighted by molar-refractivity contribution is -0.380. The van der Waals surface area contributed by atoms with Crippen molar-refractivity contribution in [3.05, 3.63) is 28.4 Å². The molecule has 0 spiro atoms. The predicted octanol–water partition coefficient (Wildman–Crippen LogP) is 1.07. The van der Waals surface area contributed by atoms with Gasteiger partial charge in [0.05, 0.1) is 16.0 Å². The third-order valence-corrected chi connectivity index (χ3v) is 5.58. The van der Waals surface area contributed by atoms with Crippen molar-refractivity contribution in [1.82, 2.24) is 14.6 Å². The summed E-state index contributed by atoms with van der Waals surface area (Å²) < 4.78 is 23.3. The van der Waals surface area contributed by atoms with Crippen LogP contribution in [-0.4, -0.2) is 27.9 Å². The summed E-state index contributed by atoms with van der Waals surface area (Å²) in [6.45, 7) is 0. The third kappa shape index (κ3) is 2.18. The quantitative estimate of drug-likeness (QED) is 0.563. The Bertz CT molecular complexity index is 890. The van der Waals surface area contributed by atoms with Gasteiger partial charge in [0.2, 0.25) is 9.30 Å². The SMILES string of the molecule is NS(=O)(=O)c1nn2cc(-c3ccc([N+](=O)[O-])s3)nc2s1. The highest BCUT2D eigenvalue weighted by molar-refractivity contribution is 7.91. The number of hydrogen-bond acceptors (Lipinski definition) is 8. The number of aromatic nitrogens is 3. The van der Waals surface area contributed by atoms with Crippen LogP contribution in [0.15, 0.2) is 22.7 Å². The van der Waals surface area contributed by atoms with Gasteiger partial charge in [-0.2, -0.15) is 0 Å². The molecule has 104 valence electrons. The second-order valence-corrected chi connectivity index (χ2v) is 7.41. The van der Waals surface area contributed by atoms with Crippen LogP contribution in [0.1, 0.15) is 0 Å². The maximum atomic E-state index is 11.1. The van der Waals surface area contributed by atoms with Crippen LogP contribution in [0, 0.1) is 10.1 Å². The fourth-order valence-electron chi connectivity index (χ4n) is 1.48. The van der Waals surface area contributed by atoms with Crippen molar-refractivity contribution >= 4 is 42.7 Å². The van der Waals surface area contributed by atoms with Gasteiger partial charge in [-0.3, -0.25) is 10.1 Å². The normalized spacial score (nSPS) is 12.1. The van der Waals surface area contributed by atoms with E-state index in [4.69, 9.17) is 5.14 Å². The molecule has 0 aliphatic rings. The third-order valence-electron chi connectivity index (χ3n) is 2.29. The van der Waals surface area contributed by atoms with Crippen LogP contribution in [0.25, 0.3) is 15.5 Å². The summed E-state index contributed by atoms with van der Waals surface area (Å²) in [5.74, 6) is 0. The second-order valence-electron chi connectivity index (χ2n) is 3.66. The first-order valence-corrected chi connectivity index (χ1v) is 8.16. The van der Waals surface area contributed by atoms with Crippen molar-refractivity contribution in [2.45, 2.75) is 4.34 Å². The van der Waals surface area contributed by atoms with E-state index in [0.29, 0.717) is 15.5 Å². The molecule has 0 aliphatic heterocycles. The molecule has 0 saturated carbocycles. The van der Waals surface area contributed by atoms with Crippen LogP contribution in [0.2, 0.25) is 0 Å². The van der Waals surface area contributed by atoms with E-state index in [2.05, 4.69) is 10.1 Å². The largest absolute Gasteiger partial charge is 0.324 e. The molecule has 0 fully saturated rings. The zero-order valence-corrected chi connectivity index (χ0v) is 11.9. The molecule has 0 unspecified atom stereocenters. The molecule has 2 N–H and O–H groups in total. The highest BCUT2D eigenvalue weighted by atomic mass is 32.2. The lowest BCUT2D eigenvalue weighted by Crippen LogP contribution is -2.11. The summed E-state index contributed by atoms with van der Waals surface area (Å²) in [7, 11) is -3.86. The minimum absolute atomic E-state index is 0.00883. The number of imidazole rings is 1. The van der Waals surface area contributed by atoms with Gasteiger partial charge in [0.15, 0.2) is 0 Å². The highest BCUT2D eigenvalue weighted by Gasteiger charge is 2.18. The Kier molecular flexibility index (Phi) is 2.82. The Morgan fingerprint density at radius 2 is 2.10 bits per heavy atom. The van der Waals surface area contributed by atoms with Crippen LogP contribution >= 0.6 is 22.7 Å². The lowest BCUT2D eigenvalue weighted by Gasteiger charge is -1.88. The van der Waals surface area contributed by atoms with E-state index in [1.807, 2.05) is 0 Å². The molecule has 0 bridgehead atoms. The molecule has 3 aromatic heterocycles. The van der Waals surface area contributed by atoms with Crippen LogP contribution in [0.5, 0.6) is 0 Å². The van der Waals surface area contributed by atoms with Gasteiger partial charge in [-0.15, -0.1) is 5.10 Å². The number of thiophene rings is 1. The van der Waals surface area contributed by atoms with Crippen molar-refractivity contribution in [2.75, 3.05) is 0 Å². The van der Waals surface area contributed by atoms with Gasteiger partial charge in [-0.1, -0.05) is 22.7 Å². The van der Waals surface area contributed by atoms with Crippen molar-refractivity contribution < 1.29 is 13.3 Å². The number of nitrogens with two attached hydrogens (primary N) is 1. The number of hydrogen-bond donors (Lipinski definition) is 1. The first-order chi connectivity index (χ1) is 9.34. The van der Waals surface area contributed by atoms with Crippen molar-refractivity contribution in [3.8, 4) is 10.6 Å². The summed E-state index contributed by atoms with van der Waals surface area (Å²) in [5.41, 5.74) is 0.489. The maximum Gasteiger partial charge on any atom is 0.324 e. The molecule has 0 saturated heterocycles. The summed E-state index contributed by atoms with van der Waals surface area (Å²) in [6, 6.07) is 2.96. The average molecular weight is 331 g/mol. The molecule has 0 radical (unpaired) electrons. The molecule has 12 heteroatoms. The predicted molar refractivity (Wildman–Crippen MR) is 72.2 cm³/mol. The molecule has 0 aliphatic carbocycles. The second kappa shape index (κ2) is 4.31. The van der Waals surface area contributed by atoms with Crippen molar-refractivity contribution in [2.24, 2.45) is 5.14 Å². The molecule has 0 amide bonds. The van der Waals surface area contributed by atoms with Gasteiger partial charge in [-0.25, -0.2) is 23.1 Å². The van der Waals surface area contributed by atoms with E-state index in [9.17, 15) is 18.5 Å². The Morgan fingerprint density at radius 1 is 1.35 bits per heavy atom. The Morgan fingerprint density at radius 3 is 2.65 bits per heavy atom. The minimum atomic E-state index is -3.86. The van der Waals surface area contributed by atoms with E-state index in [0.717, 1.165) is 22.7 Å². The number of rotatable bonds is 3. The number of fused-ring (bicyclic) bond motifs is 1. The first kappa shape index (κ1) is 13.1. The standard InChI is InChI=1S/C8H5N5O4S3/c9-20(16,17)8-11-12-3-4(10-7(12)19-8)5-1-2-6(18-5)13(14)15/h1-3H,(H2,9,16,17). The molecular weight excluding hydrogens is 326 g/mol. The smallest absolute Gasteiger partial charge is 0.258 e. The number of primary sulfonamides is 1. The zero-order valence-electron chi connectivity index (χ0n) is 9.46. The van der Waals surface area contributed by atoms with Crippen LogP contribution in [0.4, 0.5) is 5.00 Å². The number of sulfonamides is 1.